The summed E-state index contributed by atoms with van der Waals surface area (Å²) in [6, 6.07) is 15.3. The van der Waals surface area contributed by atoms with Gasteiger partial charge in [0.1, 0.15) is 0 Å². The van der Waals surface area contributed by atoms with Gasteiger partial charge < -0.3 is 20.9 Å². The number of rotatable bonds is 7. The fraction of sp³-hybridized carbons (Fsp3) is 0.308. The molecular weight excluding hydrogens is 446 g/mol. The van der Waals surface area contributed by atoms with E-state index in [9.17, 15) is 9.59 Å². The number of benzene rings is 2. The van der Waals surface area contributed by atoms with Crippen LogP contribution in [0.2, 0.25) is 0 Å². The molecule has 0 unspecified atom stereocenters. The lowest BCUT2D eigenvalue weighted by Crippen LogP contribution is -2.45. The van der Waals surface area contributed by atoms with Crippen molar-refractivity contribution in [3.63, 3.8) is 0 Å². The third-order valence-corrected chi connectivity index (χ3v) is 7.40. The fourth-order valence-electron chi connectivity index (χ4n) is 4.48. The van der Waals surface area contributed by atoms with Gasteiger partial charge in [-0.15, -0.1) is 11.3 Å². The number of thiophene rings is 1. The van der Waals surface area contributed by atoms with Crippen molar-refractivity contribution in [2.45, 2.75) is 6.54 Å². The van der Waals surface area contributed by atoms with E-state index in [0.717, 1.165) is 61.0 Å². The third-order valence-electron chi connectivity index (χ3n) is 6.50. The number of hydrogen-bond donors (Lipinski definition) is 3. The number of piperazine rings is 1. The summed E-state index contributed by atoms with van der Waals surface area (Å²) in [6.07, 6.45) is 0. The van der Waals surface area contributed by atoms with E-state index in [0.29, 0.717) is 23.4 Å². The van der Waals surface area contributed by atoms with E-state index in [1.807, 2.05) is 53.9 Å². The zero-order valence-electron chi connectivity index (χ0n) is 19.3. The third kappa shape index (κ3) is 4.84. The number of amides is 2. The molecule has 34 heavy (non-hydrogen) atoms. The Hall–Kier alpha value is -3.20. The smallest absolute Gasteiger partial charge is 0.255 e. The summed E-state index contributed by atoms with van der Waals surface area (Å²) in [4.78, 5) is 31.4. The highest BCUT2D eigenvalue weighted by Crippen LogP contribution is 2.36. The lowest BCUT2D eigenvalue weighted by atomic mass is 10.00. The molecule has 1 aromatic heterocycles. The fourth-order valence-corrected chi connectivity index (χ4v) is 5.26. The number of likely N-dealkylation sites (N-methyl/N-ethyl adjacent to an activating group) is 1. The Kier molecular flexibility index (Phi) is 6.62. The average molecular weight is 476 g/mol. The van der Waals surface area contributed by atoms with Crippen molar-refractivity contribution in [1.82, 2.24) is 15.1 Å². The quantitative estimate of drug-likeness (QED) is 0.487. The van der Waals surface area contributed by atoms with E-state index in [2.05, 4.69) is 32.8 Å². The predicted molar refractivity (Wildman–Crippen MR) is 138 cm³/mol. The highest BCUT2D eigenvalue weighted by molar-refractivity contribution is 7.13. The first kappa shape index (κ1) is 22.6. The number of hydrogen-bond acceptors (Lipinski definition) is 6. The monoisotopic (exact) mass is 475 g/mol. The van der Waals surface area contributed by atoms with E-state index in [4.69, 9.17) is 0 Å². The Morgan fingerprint density at radius 1 is 1.06 bits per heavy atom. The van der Waals surface area contributed by atoms with Gasteiger partial charge in [0.25, 0.3) is 11.8 Å². The largest absolute Gasteiger partial charge is 0.384 e. The van der Waals surface area contributed by atoms with Crippen LogP contribution in [-0.4, -0.2) is 67.9 Å². The van der Waals surface area contributed by atoms with Crippen LogP contribution in [0.4, 0.5) is 11.4 Å². The molecule has 0 atom stereocenters. The van der Waals surface area contributed by atoms with Crippen LogP contribution in [0.3, 0.4) is 0 Å². The number of anilines is 2. The Bertz CT molecular complexity index is 1170. The second-order valence-electron chi connectivity index (χ2n) is 8.78. The summed E-state index contributed by atoms with van der Waals surface area (Å²) in [6.45, 7) is 6.79. The number of fused-ring (bicyclic) bond motifs is 1. The van der Waals surface area contributed by atoms with Gasteiger partial charge >= 0.3 is 0 Å². The Morgan fingerprint density at radius 3 is 2.59 bits per heavy atom. The van der Waals surface area contributed by atoms with Gasteiger partial charge in [-0.3, -0.25) is 14.5 Å². The molecule has 3 N–H and O–H groups in total. The molecule has 5 rings (SSSR count). The van der Waals surface area contributed by atoms with E-state index in [1.165, 1.54) is 0 Å². The summed E-state index contributed by atoms with van der Waals surface area (Å²) in [5, 5.41) is 11.3. The van der Waals surface area contributed by atoms with Crippen LogP contribution in [0.1, 0.15) is 26.3 Å². The van der Waals surface area contributed by atoms with Crippen molar-refractivity contribution < 1.29 is 9.59 Å². The van der Waals surface area contributed by atoms with Crippen LogP contribution in [0, 0.1) is 0 Å². The molecule has 3 heterocycles. The van der Waals surface area contributed by atoms with Crippen LogP contribution in [0.5, 0.6) is 0 Å². The minimum atomic E-state index is -0.227. The Labute approximate surface area is 203 Å². The number of nitrogens with one attached hydrogen (secondary N) is 3. The molecule has 1 fully saturated rings. The molecule has 3 aromatic rings. The van der Waals surface area contributed by atoms with Gasteiger partial charge in [0.15, 0.2) is 0 Å². The Balaban J connectivity index is 1.22. The molecule has 8 heteroatoms. The highest BCUT2D eigenvalue weighted by Gasteiger charge is 2.27. The van der Waals surface area contributed by atoms with Crippen molar-refractivity contribution in [2.75, 3.05) is 56.9 Å². The maximum atomic E-state index is 12.9. The molecule has 7 nitrogen and oxygen atoms in total. The molecule has 0 saturated carbocycles. The average Bonchev–Trinajstić information content (AvgIpc) is 3.52. The predicted octanol–water partition coefficient (Wildman–Crippen LogP) is 3.57. The zero-order chi connectivity index (χ0) is 23.5. The molecule has 2 aliphatic rings. The SMILES string of the molecule is CN1CCN(CCNc2ccc(C(=O)Nc3ccc(-c4cccs4)c4c3C(=O)NC4)cc2)CC1. The lowest BCUT2D eigenvalue weighted by molar-refractivity contribution is 0.0966. The van der Waals surface area contributed by atoms with Crippen LogP contribution in [0.25, 0.3) is 10.4 Å². The van der Waals surface area contributed by atoms with Gasteiger partial charge in [0.05, 0.1) is 11.3 Å². The molecule has 176 valence electrons. The first-order valence-electron chi connectivity index (χ1n) is 11.6. The lowest BCUT2D eigenvalue weighted by Gasteiger charge is -2.32. The van der Waals surface area contributed by atoms with Gasteiger partial charge in [0, 0.05) is 61.9 Å². The summed E-state index contributed by atoms with van der Waals surface area (Å²) in [7, 11) is 2.16. The molecular formula is C26H29N5O2S. The van der Waals surface area contributed by atoms with Crippen molar-refractivity contribution in [2.24, 2.45) is 0 Å². The topological polar surface area (TPSA) is 76.7 Å². The maximum absolute atomic E-state index is 12.9. The standard InChI is InChI=1S/C26H29N5O2S/c1-30-12-14-31(15-13-30)11-10-27-19-6-4-18(5-7-19)25(32)29-22-9-8-20(23-3-2-16-34-23)21-17-28-26(33)24(21)22/h2-9,16,27H,10-15,17H2,1H3,(H,28,33)(H,29,32). The van der Waals surface area contributed by atoms with Gasteiger partial charge in [0.2, 0.25) is 0 Å². The van der Waals surface area contributed by atoms with E-state index in [-0.39, 0.29) is 11.8 Å². The van der Waals surface area contributed by atoms with Gasteiger partial charge in [-0.05, 0) is 60.0 Å². The normalized spacial score (nSPS) is 16.2. The van der Waals surface area contributed by atoms with Crippen LogP contribution < -0.4 is 16.0 Å². The van der Waals surface area contributed by atoms with Crippen LogP contribution in [0.15, 0.2) is 53.9 Å². The van der Waals surface area contributed by atoms with E-state index in [1.54, 1.807) is 11.3 Å². The van der Waals surface area contributed by atoms with Gasteiger partial charge in [-0.25, -0.2) is 0 Å². The first-order chi connectivity index (χ1) is 16.6. The van der Waals surface area contributed by atoms with Crippen LogP contribution >= 0.6 is 11.3 Å². The zero-order valence-corrected chi connectivity index (χ0v) is 20.1. The van der Waals surface area contributed by atoms with Crippen molar-refractivity contribution >= 4 is 34.5 Å². The maximum Gasteiger partial charge on any atom is 0.255 e. The first-order valence-corrected chi connectivity index (χ1v) is 12.5. The summed E-state index contributed by atoms with van der Waals surface area (Å²) in [5.41, 5.74) is 4.62. The summed E-state index contributed by atoms with van der Waals surface area (Å²) in [5.74, 6) is -0.377. The van der Waals surface area contributed by atoms with Gasteiger partial charge in [-0.1, -0.05) is 12.1 Å². The van der Waals surface area contributed by atoms with Crippen molar-refractivity contribution in [3.05, 3.63) is 70.6 Å². The number of carbonyl (C=O) groups excluding carboxylic acids is 2. The number of carbonyl (C=O) groups is 2. The summed E-state index contributed by atoms with van der Waals surface area (Å²) >= 11 is 1.64. The molecule has 0 spiro atoms. The molecule has 0 radical (unpaired) electrons. The van der Waals surface area contributed by atoms with Gasteiger partial charge in [-0.2, -0.15) is 0 Å². The summed E-state index contributed by atoms with van der Waals surface area (Å²) < 4.78 is 0. The van der Waals surface area contributed by atoms with E-state index < -0.39 is 0 Å². The van der Waals surface area contributed by atoms with E-state index >= 15 is 0 Å². The molecule has 1 saturated heterocycles. The van der Waals surface area contributed by atoms with Crippen molar-refractivity contribution in [1.29, 1.82) is 0 Å². The second kappa shape index (κ2) is 9.97. The van der Waals surface area contributed by atoms with Crippen molar-refractivity contribution in [3.8, 4) is 10.4 Å². The highest BCUT2D eigenvalue weighted by atomic mass is 32.1. The molecule has 0 bridgehead atoms. The second-order valence-corrected chi connectivity index (χ2v) is 9.73. The minimum absolute atomic E-state index is 0.149. The minimum Gasteiger partial charge on any atom is -0.384 e. The Morgan fingerprint density at radius 2 is 1.85 bits per heavy atom. The molecule has 0 aliphatic carbocycles. The molecule has 2 aromatic carbocycles. The molecule has 2 aliphatic heterocycles. The molecule has 2 amide bonds. The number of nitrogens with zero attached hydrogens (tertiary/aromatic N) is 2. The van der Waals surface area contributed by atoms with Crippen LogP contribution in [-0.2, 0) is 6.54 Å².